The van der Waals surface area contributed by atoms with E-state index in [1.165, 1.54) is 49.9 Å². The lowest BCUT2D eigenvalue weighted by Gasteiger charge is -2.35. The Labute approximate surface area is 172 Å². The summed E-state index contributed by atoms with van der Waals surface area (Å²) in [6.45, 7) is 5.02. The summed E-state index contributed by atoms with van der Waals surface area (Å²) < 4.78 is 0. The highest BCUT2D eigenvalue weighted by atomic mass is 15.2. The fraction of sp³-hybridized carbons (Fsp3) is 0.500. The first kappa shape index (κ1) is 18.4. The largest absolute Gasteiger partial charge is 0.358 e. The molecule has 2 aromatic rings. The van der Waals surface area contributed by atoms with E-state index in [0.717, 1.165) is 55.4 Å². The van der Waals surface area contributed by atoms with Crippen LogP contribution in [0.4, 0.5) is 0 Å². The SMILES string of the molecule is C(#Cc1nc2ccccc2[nH]1)CN1CCC2=C(CN(CC3CCCCC3)C=N2)C1. The van der Waals surface area contributed by atoms with E-state index in [-0.39, 0.29) is 0 Å². The van der Waals surface area contributed by atoms with Crippen molar-refractivity contribution in [2.24, 2.45) is 10.9 Å². The summed E-state index contributed by atoms with van der Waals surface area (Å²) >= 11 is 0. The maximum absolute atomic E-state index is 4.79. The number of H-pyrrole nitrogens is 1. The third-order valence-electron chi connectivity index (χ3n) is 6.37. The number of imidazole rings is 1. The molecule has 5 nitrogen and oxygen atoms in total. The fourth-order valence-corrected chi connectivity index (χ4v) is 4.81. The molecular weight excluding hydrogens is 358 g/mol. The van der Waals surface area contributed by atoms with Gasteiger partial charge in [0.15, 0.2) is 5.82 Å². The number of fused-ring (bicyclic) bond motifs is 1. The lowest BCUT2D eigenvalue weighted by atomic mass is 9.89. The van der Waals surface area contributed by atoms with Gasteiger partial charge in [-0.15, -0.1) is 0 Å². The van der Waals surface area contributed by atoms with Crippen molar-refractivity contribution in [2.45, 2.75) is 38.5 Å². The van der Waals surface area contributed by atoms with Gasteiger partial charge in [-0.1, -0.05) is 37.3 Å². The van der Waals surface area contributed by atoms with E-state index in [2.05, 4.69) is 37.9 Å². The molecule has 1 aromatic carbocycles. The van der Waals surface area contributed by atoms with Gasteiger partial charge in [-0.3, -0.25) is 4.90 Å². The number of hydrogen-bond acceptors (Lipinski definition) is 4. The zero-order valence-electron chi connectivity index (χ0n) is 17.0. The molecule has 1 aliphatic carbocycles. The minimum absolute atomic E-state index is 0.754. The van der Waals surface area contributed by atoms with E-state index in [0.29, 0.717) is 0 Å². The van der Waals surface area contributed by atoms with Crippen molar-refractivity contribution in [3.05, 3.63) is 41.4 Å². The molecule has 5 rings (SSSR count). The Morgan fingerprint density at radius 3 is 2.90 bits per heavy atom. The summed E-state index contributed by atoms with van der Waals surface area (Å²) in [6.07, 6.45) is 10.1. The van der Waals surface area contributed by atoms with Crippen molar-refractivity contribution in [1.82, 2.24) is 19.8 Å². The predicted molar refractivity (Wildman–Crippen MR) is 118 cm³/mol. The highest BCUT2D eigenvalue weighted by Gasteiger charge is 2.24. The standard InChI is InChI=1S/C24H29N5/c1-2-7-19(8-3-1)15-29-17-20-16-28(14-12-21(20)25-18-29)13-6-11-24-26-22-9-4-5-10-23(22)27-24/h4-5,9-10,18-19H,1-3,7-8,12-17H2,(H,26,27). The number of aliphatic imine (C=N–C) groups is 1. The highest BCUT2D eigenvalue weighted by Crippen LogP contribution is 2.27. The van der Waals surface area contributed by atoms with E-state index in [9.17, 15) is 0 Å². The molecule has 3 heterocycles. The van der Waals surface area contributed by atoms with Crippen molar-refractivity contribution in [1.29, 1.82) is 0 Å². The number of nitrogens with zero attached hydrogens (tertiary/aromatic N) is 4. The summed E-state index contributed by atoms with van der Waals surface area (Å²) in [4.78, 5) is 17.5. The first-order valence-electron chi connectivity index (χ1n) is 11.0. The lowest BCUT2D eigenvalue weighted by molar-refractivity contribution is 0.266. The molecule has 0 spiro atoms. The molecule has 1 fully saturated rings. The fourth-order valence-electron chi connectivity index (χ4n) is 4.81. The van der Waals surface area contributed by atoms with Crippen molar-refractivity contribution in [3.8, 4) is 11.8 Å². The molecule has 0 amide bonds. The average Bonchev–Trinajstić information content (AvgIpc) is 3.17. The van der Waals surface area contributed by atoms with Gasteiger partial charge in [-0.05, 0) is 42.4 Å². The molecule has 0 saturated heterocycles. The van der Waals surface area contributed by atoms with Gasteiger partial charge in [0.25, 0.3) is 0 Å². The van der Waals surface area contributed by atoms with E-state index in [1.807, 2.05) is 24.3 Å². The minimum atomic E-state index is 0.754. The molecule has 0 bridgehead atoms. The third-order valence-corrected chi connectivity index (χ3v) is 6.37. The quantitative estimate of drug-likeness (QED) is 0.815. The van der Waals surface area contributed by atoms with Gasteiger partial charge in [0.05, 0.1) is 23.9 Å². The maximum atomic E-state index is 4.79. The summed E-state index contributed by atoms with van der Waals surface area (Å²) in [5.74, 6) is 8.12. The topological polar surface area (TPSA) is 47.5 Å². The van der Waals surface area contributed by atoms with Crippen molar-refractivity contribution < 1.29 is 0 Å². The van der Waals surface area contributed by atoms with E-state index in [4.69, 9.17) is 4.99 Å². The molecule has 29 heavy (non-hydrogen) atoms. The molecule has 0 radical (unpaired) electrons. The number of rotatable bonds is 3. The molecule has 2 aliphatic heterocycles. The van der Waals surface area contributed by atoms with Gasteiger partial charge in [0, 0.05) is 38.3 Å². The van der Waals surface area contributed by atoms with Crippen LogP contribution < -0.4 is 0 Å². The summed E-state index contributed by atoms with van der Waals surface area (Å²) in [5, 5.41) is 0. The van der Waals surface area contributed by atoms with Gasteiger partial charge >= 0.3 is 0 Å². The number of benzene rings is 1. The van der Waals surface area contributed by atoms with Crippen LogP contribution in [0.1, 0.15) is 44.3 Å². The third kappa shape index (κ3) is 4.38. The van der Waals surface area contributed by atoms with Crippen LogP contribution in [0.15, 0.2) is 40.5 Å². The minimum Gasteiger partial charge on any atom is -0.358 e. The van der Waals surface area contributed by atoms with E-state index >= 15 is 0 Å². The van der Waals surface area contributed by atoms with Crippen LogP contribution >= 0.6 is 0 Å². The zero-order chi connectivity index (χ0) is 19.5. The number of aromatic nitrogens is 2. The Balaban J connectivity index is 1.17. The van der Waals surface area contributed by atoms with Gasteiger partial charge in [0.1, 0.15) is 0 Å². The van der Waals surface area contributed by atoms with Gasteiger partial charge < -0.3 is 9.88 Å². The second-order valence-electron chi connectivity index (χ2n) is 8.59. The Bertz CT molecular complexity index is 950. The molecule has 150 valence electrons. The first-order valence-corrected chi connectivity index (χ1v) is 11.0. The molecular formula is C24H29N5. The van der Waals surface area contributed by atoms with Crippen LogP contribution in [0.2, 0.25) is 0 Å². The summed E-state index contributed by atoms with van der Waals surface area (Å²) in [6, 6.07) is 8.07. The zero-order valence-corrected chi connectivity index (χ0v) is 17.0. The Kier molecular flexibility index (Phi) is 5.36. The maximum Gasteiger partial charge on any atom is 0.183 e. The molecule has 1 aromatic heterocycles. The van der Waals surface area contributed by atoms with E-state index in [1.54, 1.807) is 0 Å². The number of nitrogens with one attached hydrogen (secondary N) is 1. The molecule has 0 unspecified atom stereocenters. The molecule has 3 aliphatic rings. The Morgan fingerprint density at radius 1 is 1.10 bits per heavy atom. The second kappa shape index (κ2) is 8.42. The first-order chi connectivity index (χ1) is 14.3. The number of aromatic amines is 1. The smallest absolute Gasteiger partial charge is 0.183 e. The van der Waals surface area contributed by atoms with Crippen molar-refractivity contribution in [3.63, 3.8) is 0 Å². The average molecular weight is 388 g/mol. The van der Waals surface area contributed by atoms with Gasteiger partial charge in [-0.25, -0.2) is 9.98 Å². The summed E-state index contributed by atoms with van der Waals surface area (Å²) in [5.41, 5.74) is 4.82. The highest BCUT2D eigenvalue weighted by molar-refractivity contribution is 5.75. The lowest BCUT2D eigenvalue weighted by Crippen LogP contribution is -2.40. The van der Waals surface area contributed by atoms with Crippen LogP contribution in [0.25, 0.3) is 11.0 Å². The Hall–Kier alpha value is -2.58. The molecule has 1 N–H and O–H groups in total. The van der Waals surface area contributed by atoms with Gasteiger partial charge in [0.2, 0.25) is 0 Å². The Morgan fingerprint density at radius 2 is 2.00 bits per heavy atom. The van der Waals surface area contributed by atoms with Crippen LogP contribution in [-0.4, -0.2) is 58.8 Å². The molecule has 1 saturated carbocycles. The predicted octanol–water partition coefficient (Wildman–Crippen LogP) is 3.80. The molecule has 5 heteroatoms. The van der Waals surface area contributed by atoms with Crippen LogP contribution in [0.3, 0.4) is 0 Å². The van der Waals surface area contributed by atoms with Crippen LogP contribution in [0, 0.1) is 17.8 Å². The summed E-state index contributed by atoms with van der Waals surface area (Å²) in [7, 11) is 0. The monoisotopic (exact) mass is 387 g/mol. The second-order valence-corrected chi connectivity index (χ2v) is 8.59. The van der Waals surface area contributed by atoms with Gasteiger partial charge in [-0.2, -0.15) is 0 Å². The van der Waals surface area contributed by atoms with Crippen molar-refractivity contribution in [2.75, 3.05) is 32.7 Å². The van der Waals surface area contributed by atoms with Crippen LogP contribution in [0.5, 0.6) is 0 Å². The molecule has 0 atom stereocenters. The van der Waals surface area contributed by atoms with E-state index < -0.39 is 0 Å². The van der Waals surface area contributed by atoms with Crippen LogP contribution in [-0.2, 0) is 0 Å². The van der Waals surface area contributed by atoms with Crippen molar-refractivity contribution >= 4 is 17.4 Å². The number of hydrogen-bond donors (Lipinski definition) is 1. The normalized spacial score (nSPS) is 20.6. The number of para-hydroxylation sites is 2.